The molecule has 2 aromatic heterocycles. The molecule has 1 aliphatic heterocycles. The van der Waals surface area contributed by atoms with Gasteiger partial charge in [-0.25, -0.2) is 15.0 Å². The number of amides is 2. The van der Waals surface area contributed by atoms with Crippen molar-refractivity contribution in [1.29, 1.82) is 0 Å². The summed E-state index contributed by atoms with van der Waals surface area (Å²) in [5.41, 5.74) is 11.3. The van der Waals surface area contributed by atoms with E-state index in [1.54, 1.807) is 18.3 Å². The van der Waals surface area contributed by atoms with Gasteiger partial charge in [0.25, 0.3) is 0 Å². The second kappa shape index (κ2) is 12.8. The topological polar surface area (TPSA) is 126 Å². The number of aromatic nitrogens is 3. The van der Waals surface area contributed by atoms with Gasteiger partial charge >= 0.3 is 12.1 Å². The number of nitrogens with two attached hydrogens (primary N) is 1. The molecule has 2 amide bonds. The fourth-order valence-electron chi connectivity index (χ4n) is 5.89. The Morgan fingerprint density at radius 2 is 1.84 bits per heavy atom. The number of halogens is 3. The Bertz CT molecular complexity index is 1720. The minimum atomic E-state index is -4.91. The first-order valence-corrected chi connectivity index (χ1v) is 15.7. The van der Waals surface area contributed by atoms with Crippen LogP contribution in [0.4, 0.5) is 29.9 Å². The van der Waals surface area contributed by atoms with Gasteiger partial charge in [-0.3, -0.25) is 9.59 Å². The predicted molar refractivity (Wildman–Crippen MR) is 166 cm³/mol. The first kappa shape index (κ1) is 30.5. The summed E-state index contributed by atoms with van der Waals surface area (Å²) in [6, 6.07) is 14.9. The van der Waals surface area contributed by atoms with E-state index in [1.807, 2.05) is 36.4 Å². The number of carbonyl (C=O) groups excluding carboxylic acids is 2. The largest absolute Gasteiger partial charge is 0.471 e. The quantitative estimate of drug-likeness (QED) is 0.220. The van der Waals surface area contributed by atoms with Crippen LogP contribution in [0.1, 0.15) is 48.8 Å². The van der Waals surface area contributed by atoms with Crippen LogP contribution in [-0.2, 0) is 29.1 Å². The lowest BCUT2D eigenvalue weighted by atomic mass is 9.88. The fraction of sp³-hybridized carbons (Fsp3) is 0.344. The van der Waals surface area contributed by atoms with Crippen LogP contribution in [0, 0.1) is 5.92 Å². The Balaban J connectivity index is 1.18. The highest BCUT2D eigenvalue weighted by atomic mass is 32.1. The van der Waals surface area contributed by atoms with Gasteiger partial charge < -0.3 is 21.3 Å². The molecule has 9 nitrogen and oxygen atoms in total. The standard InChI is InChI=1S/C32H32F3N7O2S/c33-32(34,35)29(44)42-14-12-20-9-10-24(16-23(20)18-42)39-31-37-13-11-25(40-31)27-26(41-30(36)45-27)22-8-4-5-19(15-22)17-38-28(43)21-6-2-1-3-7-21/h4-5,8-11,13,15-16,21H,1-3,6-7,12,14,17-18H2,(H2,36,41)(H,38,43)(H,37,39,40). The molecule has 45 heavy (non-hydrogen) atoms. The molecule has 0 saturated heterocycles. The highest BCUT2D eigenvalue weighted by Gasteiger charge is 2.43. The minimum absolute atomic E-state index is 0.0155. The van der Waals surface area contributed by atoms with Gasteiger partial charge in [-0.2, -0.15) is 13.2 Å². The van der Waals surface area contributed by atoms with Gasteiger partial charge in [0.2, 0.25) is 11.9 Å². The first-order valence-electron chi connectivity index (χ1n) is 14.9. The van der Waals surface area contributed by atoms with Crippen molar-refractivity contribution >= 4 is 39.9 Å². The summed E-state index contributed by atoms with van der Waals surface area (Å²) >= 11 is 1.29. The summed E-state index contributed by atoms with van der Waals surface area (Å²) in [7, 11) is 0. The lowest BCUT2D eigenvalue weighted by Gasteiger charge is -2.29. The molecule has 0 radical (unpaired) electrons. The van der Waals surface area contributed by atoms with Crippen LogP contribution in [0.2, 0.25) is 0 Å². The van der Waals surface area contributed by atoms with Crippen molar-refractivity contribution in [3.63, 3.8) is 0 Å². The van der Waals surface area contributed by atoms with Gasteiger partial charge in [0.15, 0.2) is 5.13 Å². The first-order chi connectivity index (χ1) is 21.6. The van der Waals surface area contributed by atoms with E-state index < -0.39 is 12.1 Å². The molecule has 6 rings (SSSR count). The third-order valence-corrected chi connectivity index (χ3v) is 9.09. The normalized spacial score (nSPS) is 15.4. The molecule has 0 spiro atoms. The molecule has 1 fully saturated rings. The number of fused-ring (bicyclic) bond motifs is 1. The number of nitrogens with one attached hydrogen (secondary N) is 2. The number of benzene rings is 2. The lowest BCUT2D eigenvalue weighted by Crippen LogP contribution is -2.43. The number of nitrogens with zero attached hydrogens (tertiary/aromatic N) is 4. The van der Waals surface area contributed by atoms with Crippen LogP contribution in [0.25, 0.3) is 21.8 Å². The van der Waals surface area contributed by atoms with Crippen LogP contribution < -0.4 is 16.4 Å². The molecule has 2 aliphatic rings. The van der Waals surface area contributed by atoms with Gasteiger partial charge in [-0.15, -0.1) is 0 Å². The number of anilines is 3. The molecule has 0 unspecified atom stereocenters. The van der Waals surface area contributed by atoms with E-state index in [-0.39, 0.29) is 30.9 Å². The molecule has 4 N–H and O–H groups in total. The molecule has 0 atom stereocenters. The Morgan fingerprint density at radius 3 is 2.64 bits per heavy atom. The summed E-state index contributed by atoms with van der Waals surface area (Å²) in [5.74, 6) is -1.37. The maximum Gasteiger partial charge on any atom is 0.471 e. The number of thiazole rings is 1. The molecule has 13 heteroatoms. The molecule has 3 heterocycles. The van der Waals surface area contributed by atoms with Crippen LogP contribution >= 0.6 is 11.3 Å². The molecule has 234 valence electrons. The zero-order valence-corrected chi connectivity index (χ0v) is 25.2. The number of rotatable bonds is 7. The predicted octanol–water partition coefficient (Wildman–Crippen LogP) is 6.24. The second-order valence-electron chi connectivity index (χ2n) is 11.3. The molecule has 4 aromatic rings. The Hall–Kier alpha value is -4.52. The summed E-state index contributed by atoms with van der Waals surface area (Å²) in [6.07, 6.45) is 2.31. The van der Waals surface area contributed by atoms with Gasteiger partial charge in [0, 0.05) is 43.0 Å². The van der Waals surface area contributed by atoms with Crippen molar-refractivity contribution in [2.75, 3.05) is 17.6 Å². The van der Waals surface area contributed by atoms with E-state index in [0.29, 0.717) is 40.7 Å². The third kappa shape index (κ3) is 7.08. The average Bonchev–Trinajstić information content (AvgIpc) is 3.45. The van der Waals surface area contributed by atoms with E-state index >= 15 is 0 Å². The van der Waals surface area contributed by atoms with Crippen LogP contribution in [0.15, 0.2) is 54.7 Å². The summed E-state index contributed by atoms with van der Waals surface area (Å²) < 4.78 is 39.0. The van der Waals surface area contributed by atoms with E-state index in [9.17, 15) is 22.8 Å². The molecule has 1 saturated carbocycles. The number of alkyl halides is 3. The smallest absolute Gasteiger partial charge is 0.375 e. The van der Waals surface area contributed by atoms with Crippen molar-refractivity contribution in [1.82, 2.24) is 25.2 Å². The number of hydrogen-bond donors (Lipinski definition) is 3. The fourth-order valence-corrected chi connectivity index (χ4v) is 6.72. The van der Waals surface area contributed by atoms with E-state index in [2.05, 4.69) is 25.6 Å². The Kier molecular flexibility index (Phi) is 8.70. The average molecular weight is 636 g/mol. The van der Waals surface area contributed by atoms with Crippen molar-refractivity contribution in [2.24, 2.45) is 5.92 Å². The summed E-state index contributed by atoms with van der Waals surface area (Å²) in [5, 5.41) is 6.59. The summed E-state index contributed by atoms with van der Waals surface area (Å²) in [6.45, 7) is 0.307. The van der Waals surface area contributed by atoms with Crippen LogP contribution in [0.5, 0.6) is 0 Å². The molecular formula is C32H32F3N7O2S. The zero-order chi connectivity index (χ0) is 31.6. The third-order valence-electron chi connectivity index (χ3n) is 8.18. The van der Waals surface area contributed by atoms with Crippen LogP contribution in [-0.4, -0.2) is 44.4 Å². The molecule has 2 aromatic carbocycles. The number of nitrogen functional groups attached to an aromatic ring is 1. The second-order valence-corrected chi connectivity index (χ2v) is 12.4. The highest BCUT2D eigenvalue weighted by Crippen LogP contribution is 2.38. The zero-order valence-electron chi connectivity index (χ0n) is 24.4. The minimum Gasteiger partial charge on any atom is -0.375 e. The molecule has 0 bridgehead atoms. The highest BCUT2D eigenvalue weighted by molar-refractivity contribution is 7.19. The van der Waals surface area contributed by atoms with Gasteiger partial charge in [-0.05, 0) is 60.2 Å². The van der Waals surface area contributed by atoms with Crippen molar-refractivity contribution in [3.05, 3.63) is 71.4 Å². The monoisotopic (exact) mass is 635 g/mol. The van der Waals surface area contributed by atoms with Gasteiger partial charge in [0.1, 0.15) is 0 Å². The SMILES string of the molecule is Nc1nc(-c2cccc(CNC(=O)C3CCCCC3)c2)c(-c2ccnc(Nc3ccc4c(c3)CN(C(=O)C(F)(F)F)CC4)n2)s1. The van der Waals surface area contributed by atoms with Crippen molar-refractivity contribution in [3.8, 4) is 21.8 Å². The Morgan fingerprint density at radius 1 is 1.02 bits per heavy atom. The van der Waals surface area contributed by atoms with E-state index in [0.717, 1.165) is 52.2 Å². The number of carbonyl (C=O) groups is 2. The summed E-state index contributed by atoms with van der Waals surface area (Å²) in [4.78, 5) is 39.6. The van der Waals surface area contributed by atoms with Crippen molar-refractivity contribution < 1.29 is 22.8 Å². The number of hydrogen-bond acceptors (Lipinski definition) is 8. The van der Waals surface area contributed by atoms with E-state index in [4.69, 9.17) is 5.73 Å². The van der Waals surface area contributed by atoms with Crippen LogP contribution in [0.3, 0.4) is 0 Å². The maximum absolute atomic E-state index is 13.0. The van der Waals surface area contributed by atoms with Gasteiger partial charge in [0.05, 0.1) is 16.3 Å². The molecular weight excluding hydrogens is 603 g/mol. The Labute approximate surface area is 262 Å². The van der Waals surface area contributed by atoms with Crippen molar-refractivity contribution in [2.45, 2.75) is 57.8 Å². The maximum atomic E-state index is 13.0. The van der Waals surface area contributed by atoms with E-state index in [1.165, 1.54) is 17.8 Å². The molecule has 1 aliphatic carbocycles. The lowest BCUT2D eigenvalue weighted by molar-refractivity contribution is -0.186. The van der Waals surface area contributed by atoms with Gasteiger partial charge in [-0.1, -0.05) is 54.9 Å².